The monoisotopic (exact) mass is 441 g/mol. The third-order valence-electron chi connectivity index (χ3n) is 6.74. The number of hydrogen-bond donors (Lipinski definition) is 1. The van der Waals surface area contributed by atoms with Crippen LogP contribution in [0.3, 0.4) is 0 Å². The molecule has 1 unspecified atom stereocenters. The van der Waals surface area contributed by atoms with E-state index in [0.29, 0.717) is 13.0 Å². The molecule has 0 bridgehead atoms. The number of nitrogens with zero attached hydrogens (tertiary/aromatic N) is 2. The number of aryl methyl sites for hydroxylation is 1. The fourth-order valence-electron chi connectivity index (χ4n) is 4.96. The molecule has 1 atom stereocenters. The highest BCUT2D eigenvalue weighted by atomic mass is 32.1. The number of anilines is 1. The molecule has 1 aromatic heterocycles. The molecule has 2 aliphatic rings. The summed E-state index contributed by atoms with van der Waals surface area (Å²) in [7, 11) is 0. The predicted octanol–water partition coefficient (Wildman–Crippen LogP) is 5.75. The first kappa shape index (κ1) is 22.3. The molecular formula is C25H35N3O2S. The second-order valence-corrected chi connectivity index (χ2v) is 10.5. The largest absolute Gasteiger partial charge is 0.353 e. The highest BCUT2D eigenvalue weighted by Gasteiger charge is 2.35. The van der Waals surface area contributed by atoms with Gasteiger partial charge in [0.15, 0.2) is 0 Å². The van der Waals surface area contributed by atoms with Gasteiger partial charge in [0.1, 0.15) is 0 Å². The summed E-state index contributed by atoms with van der Waals surface area (Å²) in [6.07, 6.45) is 14.0. The van der Waals surface area contributed by atoms with Gasteiger partial charge in [-0.25, -0.2) is 4.98 Å². The molecule has 2 fully saturated rings. The molecule has 0 radical (unpaired) electrons. The average Bonchev–Trinajstić information content (AvgIpc) is 3.31. The molecule has 2 amide bonds. The zero-order chi connectivity index (χ0) is 21.6. The van der Waals surface area contributed by atoms with Gasteiger partial charge in [-0.05, 0) is 38.0 Å². The molecule has 2 heterocycles. The Morgan fingerprint density at radius 2 is 1.68 bits per heavy atom. The highest BCUT2D eigenvalue weighted by molar-refractivity contribution is 7.18. The number of hydrogen-bond acceptors (Lipinski definition) is 4. The van der Waals surface area contributed by atoms with Crippen molar-refractivity contribution in [2.75, 3.05) is 11.4 Å². The molecule has 2 aromatic rings. The van der Waals surface area contributed by atoms with Crippen molar-refractivity contribution in [1.82, 2.24) is 10.3 Å². The first-order valence-corrected chi connectivity index (χ1v) is 12.9. The number of carbonyl (C=O) groups is 2. The zero-order valence-electron chi connectivity index (χ0n) is 18.7. The number of aromatic nitrogens is 1. The van der Waals surface area contributed by atoms with E-state index in [1.54, 1.807) is 16.2 Å². The molecule has 1 aromatic carbocycles. The minimum Gasteiger partial charge on any atom is -0.353 e. The fourth-order valence-corrected chi connectivity index (χ4v) is 5.77. The van der Waals surface area contributed by atoms with Crippen molar-refractivity contribution >= 4 is 39.1 Å². The predicted molar refractivity (Wildman–Crippen MR) is 128 cm³/mol. The number of amides is 2. The van der Waals surface area contributed by atoms with Crippen LogP contribution in [0.4, 0.5) is 5.69 Å². The SMILES string of the molecule is Cc1nc2cc(N3CC(C(=O)NC4CCCCCCCCCCC4)CC3=O)ccc2s1. The second-order valence-electron chi connectivity index (χ2n) is 9.26. The van der Waals surface area contributed by atoms with Crippen LogP contribution in [0.5, 0.6) is 0 Å². The fraction of sp³-hybridized carbons (Fsp3) is 0.640. The molecule has 1 aliphatic heterocycles. The Morgan fingerprint density at radius 1 is 1.03 bits per heavy atom. The lowest BCUT2D eigenvalue weighted by atomic mass is 9.97. The van der Waals surface area contributed by atoms with E-state index in [1.165, 1.54) is 57.8 Å². The van der Waals surface area contributed by atoms with Crippen LogP contribution < -0.4 is 10.2 Å². The van der Waals surface area contributed by atoms with E-state index < -0.39 is 0 Å². The van der Waals surface area contributed by atoms with Gasteiger partial charge in [-0.2, -0.15) is 0 Å². The van der Waals surface area contributed by atoms with E-state index >= 15 is 0 Å². The van der Waals surface area contributed by atoms with Crippen LogP contribution in [0, 0.1) is 12.8 Å². The number of benzene rings is 1. The molecule has 1 aliphatic carbocycles. The molecule has 1 N–H and O–H groups in total. The Morgan fingerprint density at radius 3 is 2.35 bits per heavy atom. The van der Waals surface area contributed by atoms with E-state index in [1.807, 2.05) is 25.1 Å². The van der Waals surface area contributed by atoms with Crippen molar-refractivity contribution in [2.45, 2.75) is 90.0 Å². The minimum absolute atomic E-state index is 0.0325. The first-order chi connectivity index (χ1) is 15.1. The van der Waals surface area contributed by atoms with Gasteiger partial charge < -0.3 is 10.2 Å². The number of thiazole rings is 1. The average molecular weight is 442 g/mol. The molecular weight excluding hydrogens is 406 g/mol. The Kier molecular flexibility index (Phi) is 7.59. The van der Waals surface area contributed by atoms with E-state index in [9.17, 15) is 9.59 Å². The van der Waals surface area contributed by atoms with Crippen molar-refractivity contribution < 1.29 is 9.59 Å². The number of carbonyl (C=O) groups excluding carboxylic acids is 2. The molecule has 168 valence electrons. The van der Waals surface area contributed by atoms with Crippen LogP contribution in [0.1, 0.15) is 82.1 Å². The second kappa shape index (κ2) is 10.6. The van der Waals surface area contributed by atoms with Crippen molar-refractivity contribution in [3.8, 4) is 0 Å². The summed E-state index contributed by atoms with van der Waals surface area (Å²) in [6, 6.07) is 6.24. The Balaban J connectivity index is 1.36. The van der Waals surface area contributed by atoms with Crippen LogP contribution in [0.15, 0.2) is 18.2 Å². The summed E-state index contributed by atoms with van der Waals surface area (Å²) in [4.78, 5) is 32.0. The van der Waals surface area contributed by atoms with Gasteiger partial charge in [0.25, 0.3) is 0 Å². The normalized spacial score (nSPS) is 22.3. The maximum absolute atomic E-state index is 13.0. The molecule has 6 heteroatoms. The molecule has 1 saturated carbocycles. The lowest BCUT2D eigenvalue weighted by Crippen LogP contribution is -2.40. The van der Waals surface area contributed by atoms with Crippen molar-refractivity contribution in [1.29, 1.82) is 0 Å². The van der Waals surface area contributed by atoms with E-state index in [-0.39, 0.29) is 23.8 Å². The van der Waals surface area contributed by atoms with Gasteiger partial charge in [0.05, 0.1) is 21.1 Å². The topological polar surface area (TPSA) is 62.3 Å². The summed E-state index contributed by atoms with van der Waals surface area (Å²) in [5.41, 5.74) is 1.78. The van der Waals surface area contributed by atoms with Crippen LogP contribution in [-0.2, 0) is 9.59 Å². The first-order valence-electron chi connectivity index (χ1n) is 12.1. The van der Waals surface area contributed by atoms with Crippen LogP contribution in [-0.4, -0.2) is 29.4 Å². The standard InChI is InChI=1S/C25H35N3O2S/c1-18-26-22-16-21(13-14-23(22)31-18)28-17-19(15-24(28)29)25(30)27-20-11-9-7-5-3-2-4-6-8-10-12-20/h13-14,16,19-20H,2-12,15,17H2,1H3,(H,27,30). The molecule has 4 rings (SSSR count). The Hall–Kier alpha value is -1.95. The van der Waals surface area contributed by atoms with Gasteiger partial charge in [0, 0.05) is 24.7 Å². The molecule has 31 heavy (non-hydrogen) atoms. The van der Waals surface area contributed by atoms with E-state index in [4.69, 9.17) is 0 Å². The summed E-state index contributed by atoms with van der Waals surface area (Å²) in [5.74, 6) is -0.176. The maximum Gasteiger partial charge on any atom is 0.227 e. The summed E-state index contributed by atoms with van der Waals surface area (Å²) >= 11 is 1.66. The smallest absolute Gasteiger partial charge is 0.227 e. The van der Waals surface area contributed by atoms with Gasteiger partial charge in [0.2, 0.25) is 11.8 Å². The van der Waals surface area contributed by atoms with Crippen molar-refractivity contribution in [2.24, 2.45) is 5.92 Å². The summed E-state index contributed by atoms with van der Waals surface area (Å²) in [5, 5.41) is 4.33. The van der Waals surface area contributed by atoms with Crippen LogP contribution in [0.2, 0.25) is 0 Å². The van der Waals surface area contributed by atoms with Crippen LogP contribution >= 0.6 is 11.3 Å². The van der Waals surface area contributed by atoms with Gasteiger partial charge in [-0.3, -0.25) is 9.59 Å². The van der Waals surface area contributed by atoms with Gasteiger partial charge in [-0.1, -0.05) is 57.8 Å². The number of nitrogens with one attached hydrogen (secondary N) is 1. The zero-order valence-corrected chi connectivity index (χ0v) is 19.5. The van der Waals surface area contributed by atoms with E-state index in [0.717, 1.165) is 33.8 Å². The van der Waals surface area contributed by atoms with Gasteiger partial charge in [-0.15, -0.1) is 11.3 Å². The molecule has 1 saturated heterocycles. The van der Waals surface area contributed by atoms with Crippen LogP contribution in [0.25, 0.3) is 10.2 Å². The minimum atomic E-state index is -0.262. The van der Waals surface area contributed by atoms with Crippen molar-refractivity contribution in [3.05, 3.63) is 23.2 Å². The molecule has 5 nitrogen and oxygen atoms in total. The third kappa shape index (κ3) is 5.85. The number of rotatable bonds is 3. The Bertz CT molecular complexity index is 897. The third-order valence-corrected chi connectivity index (χ3v) is 7.69. The maximum atomic E-state index is 13.0. The quantitative estimate of drug-likeness (QED) is 0.660. The van der Waals surface area contributed by atoms with E-state index in [2.05, 4.69) is 10.3 Å². The lowest BCUT2D eigenvalue weighted by Gasteiger charge is -2.22. The summed E-state index contributed by atoms with van der Waals surface area (Å²) in [6.45, 7) is 2.46. The van der Waals surface area contributed by atoms with Crippen molar-refractivity contribution in [3.63, 3.8) is 0 Å². The molecule has 0 spiro atoms. The Labute approximate surface area is 189 Å². The lowest BCUT2D eigenvalue weighted by molar-refractivity contribution is -0.127. The highest BCUT2D eigenvalue weighted by Crippen LogP contribution is 2.30. The summed E-state index contributed by atoms with van der Waals surface area (Å²) < 4.78 is 1.13. The number of fused-ring (bicyclic) bond motifs is 1. The van der Waals surface area contributed by atoms with Gasteiger partial charge >= 0.3 is 0 Å².